The number of imidazole rings is 1. The Morgan fingerprint density at radius 3 is 3.23 bits per heavy atom. The Morgan fingerprint density at radius 2 is 2.45 bits per heavy atom. The average molecular weight is 301 g/mol. The van der Waals surface area contributed by atoms with Crippen LogP contribution < -0.4 is 10.6 Å². The van der Waals surface area contributed by atoms with E-state index in [0.29, 0.717) is 26.2 Å². The van der Waals surface area contributed by atoms with Crippen molar-refractivity contribution >= 4 is 5.91 Å². The summed E-state index contributed by atoms with van der Waals surface area (Å²) in [5, 5.41) is 6.21. The maximum Gasteiger partial charge on any atom is 0.221 e. The molecule has 0 aromatic carbocycles. The summed E-state index contributed by atoms with van der Waals surface area (Å²) in [6.07, 6.45) is 7.37. The lowest BCUT2D eigenvalue weighted by Crippen LogP contribution is -2.44. The molecule has 2 N–H and O–H groups in total. The minimum atomic E-state index is 0.00318. The van der Waals surface area contributed by atoms with Gasteiger partial charge in [-0.15, -0.1) is 0 Å². The Labute approximate surface area is 128 Å². The zero-order valence-electron chi connectivity index (χ0n) is 12.2. The van der Waals surface area contributed by atoms with Gasteiger partial charge in [-0.05, 0) is 6.07 Å². The van der Waals surface area contributed by atoms with Gasteiger partial charge in [0.05, 0.1) is 13.2 Å². The van der Waals surface area contributed by atoms with Gasteiger partial charge in [0, 0.05) is 49.7 Å². The van der Waals surface area contributed by atoms with E-state index in [4.69, 9.17) is 4.74 Å². The first-order chi connectivity index (χ1) is 10.8. The Kier molecular flexibility index (Phi) is 4.77. The highest BCUT2D eigenvalue weighted by atomic mass is 16.5. The summed E-state index contributed by atoms with van der Waals surface area (Å²) in [4.78, 5) is 20.4. The predicted octanol–water partition coefficient (Wildman–Crippen LogP) is 0.262. The molecule has 1 fully saturated rings. The predicted molar refractivity (Wildman–Crippen MR) is 80.4 cm³/mol. The van der Waals surface area contributed by atoms with Crippen molar-refractivity contribution in [1.82, 2.24) is 25.2 Å². The second-order valence-electron chi connectivity index (χ2n) is 5.16. The molecule has 1 saturated heterocycles. The van der Waals surface area contributed by atoms with E-state index < -0.39 is 0 Å². The van der Waals surface area contributed by atoms with E-state index in [1.165, 1.54) is 0 Å². The summed E-state index contributed by atoms with van der Waals surface area (Å²) in [7, 11) is 0. The van der Waals surface area contributed by atoms with Crippen LogP contribution in [0.2, 0.25) is 0 Å². The van der Waals surface area contributed by atoms with Crippen molar-refractivity contribution in [2.45, 2.75) is 19.0 Å². The third kappa shape index (κ3) is 3.69. The second kappa shape index (κ2) is 7.15. The fourth-order valence-electron chi connectivity index (χ4n) is 2.43. The number of aromatic nitrogens is 3. The molecule has 7 heteroatoms. The van der Waals surface area contributed by atoms with Gasteiger partial charge in [-0.3, -0.25) is 9.36 Å². The maximum absolute atomic E-state index is 12.0. The number of nitrogens with zero attached hydrogens (tertiary/aromatic N) is 3. The molecule has 0 aliphatic carbocycles. The van der Waals surface area contributed by atoms with Gasteiger partial charge in [-0.2, -0.15) is 0 Å². The third-order valence-corrected chi connectivity index (χ3v) is 3.52. The van der Waals surface area contributed by atoms with Crippen molar-refractivity contribution in [2.75, 3.05) is 19.8 Å². The fourth-order valence-corrected chi connectivity index (χ4v) is 2.43. The van der Waals surface area contributed by atoms with Crippen molar-refractivity contribution in [3.63, 3.8) is 0 Å². The maximum atomic E-state index is 12.0. The summed E-state index contributed by atoms with van der Waals surface area (Å²) < 4.78 is 7.18. The van der Waals surface area contributed by atoms with E-state index in [0.717, 1.165) is 17.9 Å². The van der Waals surface area contributed by atoms with Crippen molar-refractivity contribution in [3.05, 3.63) is 42.6 Å². The van der Waals surface area contributed by atoms with E-state index in [2.05, 4.69) is 20.6 Å². The first kappa shape index (κ1) is 14.7. The Balaban J connectivity index is 1.58. The van der Waals surface area contributed by atoms with Crippen LogP contribution in [-0.4, -0.2) is 46.2 Å². The van der Waals surface area contributed by atoms with Crippen LogP contribution in [0.15, 0.2) is 37.1 Å². The van der Waals surface area contributed by atoms with E-state index in [1.54, 1.807) is 18.7 Å². The molecule has 3 rings (SSSR count). The van der Waals surface area contributed by atoms with Crippen LogP contribution >= 0.6 is 0 Å². The molecule has 2 aromatic heterocycles. The SMILES string of the molecule is O=C(CC1COCCN1)NCc1cccnc1-n1ccnc1. The minimum absolute atomic E-state index is 0.00318. The summed E-state index contributed by atoms with van der Waals surface area (Å²) in [5.74, 6) is 0.780. The Bertz CT molecular complexity index is 608. The standard InChI is InChI=1S/C15H19N5O2/c21-14(8-13-10-22-7-5-17-13)19-9-12-2-1-3-18-15(12)20-6-4-16-11-20/h1-4,6,11,13,17H,5,7-10H2,(H,19,21). The molecule has 0 saturated carbocycles. The van der Waals surface area contributed by atoms with Crippen LogP contribution in [0.5, 0.6) is 0 Å². The molecule has 22 heavy (non-hydrogen) atoms. The molecule has 1 aliphatic rings. The van der Waals surface area contributed by atoms with Gasteiger partial charge in [0.15, 0.2) is 0 Å². The molecule has 3 heterocycles. The highest BCUT2D eigenvalue weighted by molar-refractivity contribution is 5.76. The van der Waals surface area contributed by atoms with E-state index in [1.807, 2.05) is 22.9 Å². The number of amides is 1. The van der Waals surface area contributed by atoms with Crippen molar-refractivity contribution in [1.29, 1.82) is 0 Å². The first-order valence-electron chi connectivity index (χ1n) is 7.33. The molecule has 7 nitrogen and oxygen atoms in total. The third-order valence-electron chi connectivity index (χ3n) is 3.52. The zero-order chi connectivity index (χ0) is 15.2. The number of hydrogen-bond acceptors (Lipinski definition) is 5. The van der Waals surface area contributed by atoms with Crippen LogP contribution in [-0.2, 0) is 16.1 Å². The number of morpholine rings is 1. The molecule has 2 aromatic rings. The molecule has 0 bridgehead atoms. The first-order valence-corrected chi connectivity index (χ1v) is 7.33. The molecular formula is C15H19N5O2. The lowest BCUT2D eigenvalue weighted by atomic mass is 10.2. The lowest BCUT2D eigenvalue weighted by molar-refractivity contribution is -0.122. The van der Waals surface area contributed by atoms with Gasteiger partial charge >= 0.3 is 0 Å². The van der Waals surface area contributed by atoms with Gasteiger partial charge in [0.2, 0.25) is 5.91 Å². The van der Waals surface area contributed by atoms with Gasteiger partial charge < -0.3 is 15.4 Å². The molecule has 0 spiro atoms. The molecule has 1 atom stereocenters. The number of carbonyl (C=O) groups is 1. The topological polar surface area (TPSA) is 81.1 Å². The number of nitrogens with one attached hydrogen (secondary N) is 2. The highest BCUT2D eigenvalue weighted by Crippen LogP contribution is 2.10. The van der Waals surface area contributed by atoms with Crippen LogP contribution in [0, 0.1) is 0 Å². The van der Waals surface area contributed by atoms with Crippen LogP contribution in [0.3, 0.4) is 0 Å². The Morgan fingerprint density at radius 1 is 1.50 bits per heavy atom. The second-order valence-corrected chi connectivity index (χ2v) is 5.16. The number of hydrogen-bond donors (Lipinski definition) is 2. The smallest absolute Gasteiger partial charge is 0.221 e. The van der Waals surface area contributed by atoms with Gasteiger partial charge in [-0.25, -0.2) is 9.97 Å². The summed E-state index contributed by atoms with van der Waals surface area (Å²) in [6, 6.07) is 3.90. The van der Waals surface area contributed by atoms with E-state index >= 15 is 0 Å². The number of carbonyl (C=O) groups excluding carboxylic acids is 1. The lowest BCUT2D eigenvalue weighted by Gasteiger charge is -2.23. The van der Waals surface area contributed by atoms with Crippen LogP contribution in [0.25, 0.3) is 5.82 Å². The molecule has 1 aliphatic heterocycles. The fraction of sp³-hybridized carbons (Fsp3) is 0.400. The number of rotatable bonds is 5. The normalized spacial score (nSPS) is 18.1. The van der Waals surface area contributed by atoms with Gasteiger partial charge in [-0.1, -0.05) is 6.07 Å². The minimum Gasteiger partial charge on any atom is -0.378 e. The molecular weight excluding hydrogens is 282 g/mol. The van der Waals surface area contributed by atoms with Crippen molar-refractivity contribution in [3.8, 4) is 5.82 Å². The van der Waals surface area contributed by atoms with Gasteiger partial charge in [0.25, 0.3) is 0 Å². The summed E-state index contributed by atoms with van der Waals surface area (Å²) in [5.41, 5.74) is 0.946. The molecule has 1 amide bonds. The zero-order valence-corrected chi connectivity index (χ0v) is 12.2. The van der Waals surface area contributed by atoms with Crippen LogP contribution in [0.1, 0.15) is 12.0 Å². The summed E-state index contributed by atoms with van der Waals surface area (Å²) >= 11 is 0. The van der Waals surface area contributed by atoms with Crippen molar-refractivity contribution < 1.29 is 9.53 Å². The van der Waals surface area contributed by atoms with E-state index in [9.17, 15) is 4.79 Å². The largest absolute Gasteiger partial charge is 0.378 e. The molecule has 1 unspecified atom stereocenters. The summed E-state index contributed by atoms with van der Waals surface area (Å²) in [6.45, 7) is 2.53. The number of ether oxygens (including phenoxy) is 1. The average Bonchev–Trinajstić information content (AvgIpc) is 3.08. The van der Waals surface area contributed by atoms with E-state index in [-0.39, 0.29) is 11.9 Å². The Hall–Kier alpha value is -2.25. The molecule has 116 valence electrons. The highest BCUT2D eigenvalue weighted by Gasteiger charge is 2.17. The van der Waals surface area contributed by atoms with Crippen molar-refractivity contribution in [2.24, 2.45) is 0 Å². The van der Waals surface area contributed by atoms with Gasteiger partial charge in [0.1, 0.15) is 12.1 Å². The number of pyridine rings is 1. The quantitative estimate of drug-likeness (QED) is 0.828. The van der Waals surface area contributed by atoms with Crippen LogP contribution in [0.4, 0.5) is 0 Å². The molecule has 0 radical (unpaired) electrons. The monoisotopic (exact) mass is 301 g/mol.